The van der Waals surface area contributed by atoms with E-state index in [1.807, 2.05) is 0 Å². The summed E-state index contributed by atoms with van der Waals surface area (Å²) < 4.78 is 9.47. The third-order valence-corrected chi connectivity index (χ3v) is 2.76. The molecule has 0 aromatic heterocycles. The highest BCUT2D eigenvalue weighted by atomic mass is 32.2. The number of hydrogen-bond acceptors (Lipinski definition) is 7. The molecule has 20 heavy (non-hydrogen) atoms. The summed E-state index contributed by atoms with van der Waals surface area (Å²) in [5, 5.41) is 8.90. The number of carbonyl (C=O) groups is 4. The van der Waals surface area contributed by atoms with E-state index in [0.29, 0.717) is 11.8 Å². The van der Waals surface area contributed by atoms with Crippen LogP contribution in [-0.4, -0.2) is 46.3 Å². The maximum atomic E-state index is 11.4. The van der Waals surface area contributed by atoms with Gasteiger partial charge in [-0.15, -0.1) is 0 Å². The minimum absolute atomic E-state index is 0.156. The molecule has 0 aromatic rings. The van der Waals surface area contributed by atoms with Gasteiger partial charge in [0.1, 0.15) is 6.54 Å². The molecule has 8 nitrogen and oxygen atoms in total. The number of carboxylic acid groups (broad SMARTS) is 1. The number of amides is 1. The van der Waals surface area contributed by atoms with E-state index in [-0.39, 0.29) is 6.42 Å². The summed E-state index contributed by atoms with van der Waals surface area (Å²) in [4.78, 5) is 44.0. The Morgan fingerprint density at radius 3 is 2.30 bits per heavy atom. The molecule has 0 fully saturated rings. The van der Waals surface area contributed by atoms with Crippen molar-refractivity contribution in [3.8, 4) is 0 Å². The molecule has 0 spiro atoms. The number of carbonyl (C=O) groups excluding carboxylic acids is 3. The molecule has 0 rings (SSSR count). The SMILES string of the molecule is CCC(=O)O[C@H](C)OC(=O)SC(C)C(=O)NCC(=O)O. The number of esters is 1. The van der Waals surface area contributed by atoms with E-state index in [4.69, 9.17) is 14.6 Å². The summed E-state index contributed by atoms with van der Waals surface area (Å²) in [6.07, 6.45) is -0.889. The van der Waals surface area contributed by atoms with Gasteiger partial charge in [-0.25, -0.2) is 4.79 Å². The Morgan fingerprint density at radius 2 is 1.80 bits per heavy atom. The molecule has 9 heteroatoms. The van der Waals surface area contributed by atoms with E-state index in [2.05, 4.69) is 5.32 Å². The Hall–Kier alpha value is -1.77. The van der Waals surface area contributed by atoms with Crippen LogP contribution in [0.4, 0.5) is 4.79 Å². The van der Waals surface area contributed by atoms with Crippen LogP contribution in [0.15, 0.2) is 0 Å². The van der Waals surface area contributed by atoms with Crippen LogP contribution in [-0.2, 0) is 23.9 Å². The second-order valence-corrected chi connectivity index (χ2v) is 4.93. The lowest BCUT2D eigenvalue weighted by Crippen LogP contribution is -2.35. The molecule has 1 unspecified atom stereocenters. The highest BCUT2D eigenvalue weighted by molar-refractivity contribution is 8.14. The third-order valence-electron chi connectivity index (χ3n) is 1.90. The van der Waals surface area contributed by atoms with Gasteiger partial charge in [0.05, 0.1) is 5.25 Å². The first kappa shape index (κ1) is 18.2. The minimum Gasteiger partial charge on any atom is -0.480 e. The first-order valence-electron chi connectivity index (χ1n) is 5.82. The molecule has 1 amide bonds. The number of thioether (sulfide) groups is 1. The number of rotatable bonds is 7. The van der Waals surface area contributed by atoms with Crippen molar-refractivity contribution in [2.75, 3.05) is 6.54 Å². The molecule has 114 valence electrons. The molecule has 0 radical (unpaired) electrons. The first-order valence-corrected chi connectivity index (χ1v) is 6.70. The highest BCUT2D eigenvalue weighted by Crippen LogP contribution is 2.15. The molecular weight excluding hydrogens is 290 g/mol. The maximum absolute atomic E-state index is 11.4. The molecule has 0 aromatic carbocycles. The van der Waals surface area contributed by atoms with Crippen molar-refractivity contribution in [1.82, 2.24) is 5.32 Å². The fraction of sp³-hybridized carbons (Fsp3) is 0.636. The van der Waals surface area contributed by atoms with Crippen LogP contribution < -0.4 is 5.32 Å². The molecule has 0 aliphatic carbocycles. The van der Waals surface area contributed by atoms with Crippen LogP contribution in [0.25, 0.3) is 0 Å². The molecule has 2 N–H and O–H groups in total. The van der Waals surface area contributed by atoms with E-state index in [0.717, 1.165) is 0 Å². The topological polar surface area (TPSA) is 119 Å². The summed E-state index contributed by atoms with van der Waals surface area (Å²) in [5.41, 5.74) is 0. The lowest BCUT2D eigenvalue weighted by atomic mass is 10.4. The summed E-state index contributed by atoms with van der Waals surface area (Å²) in [6, 6.07) is 0. The Balaban J connectivity index is 4.09. The second-order valence-electron chi connectivity index (χ2n) is 3.65. The summed E-state index contributed by atoms with van der Waals surface area (Å²) in [7, 11) is 0. The lowest BCUT2D eigenvalue weighted by molar-refractivity contribution is -0.163. The summed E-state index contributed by atoms with van der Waals surface area (Å²) in [6.45, 7) is 3.87. The first-order chi connectivity index (χ1) is 9.26. The van der Waals surface area contributed by atoms with Crippen LogP contribution >= 0.6 is 11.8 Å². The molecule has 2 atom stereocenters. The van der Waals surface area contributed by atoms with E-state index in [1.165, 1.54) is 13.8 Å². The Morgan fingerprint density at radius 1 is 1.20 bits per heavy atom. The van der Waals surface area contributed by atoms with Gasteiger partial charge in [-0.1, -0.05) is 6.92 Å². The van der Waals surface area contributed by atoms with Crippen molar-refractivity contribution in [2.24, 2.45) is 0 Å². The number of hydrogen-bond donors (Lipinski definition) is 2. The lowest BCUT2D eigenvalue weighted by Gasteiger charge is -2.15. The Kier molecular flexibility index (Phi) is 8.37. The van der Waals surface area contributed by atoms with Crippen LogP contribution in [0.2, 0.25) is 0 Å². The molecule has 0 aliphatic heterocycles. The van der Waals surface area contributed by atoms with Crippen molar-refractivity contribution in [3.05, 3.63) is 0 Å². The Labute approximate surface area is 120 Å². The quantitative estimate of drug-likeness (QED) is 0.522. The van der Waals surface area contributed by atoms with Crippen molar-refractivity contribution in [2.45, 2.75) is 38.7 Å². The van der Waals surface area contributed by atoms with E-state index < -0.39 is 41.2 Å². The van der Waals surface area contributed by atoms with Gasteiger partial charge in [0.25, 0.3) is 0 Å². The normalized spacial score (nSPS) is 12.9. The fourth-order valence-corrected chi connectivity index (χ4v) is 1.63. The molecule has 0 heterocycles. The van der Waals surface area contributed by atoms with Crippen molar-refractivity contribution in [3.63, 3.8) is 0 Å². The summed E-state index contributed by atoms with van der Waals surface area (Å²) >= 11 is 0.565. The maximum Gasteiger partial charge on any atom is 0.371 e. The minimum atomic E-state index is -1.18. The molecule has 0 saturated carbocycles. The van der Waals surface area contributed by atoms with Crippen molar-refractivity contribution in [1.29, 1.82) is 0 Å². The van der Waals surface area contributed by atoms with Crippen LogP contribution in [0.1, 0.15) is 27.2 Å². The van der Waals surface area contributed by atoms with Gasteiger partial charge in [0.2, 0.25) is 12.2 Å². The second kappa shape index (κ2) is 9.18. The van der Waals surface area contributed by atoms with E-state index in [1.54, 1.807) is 6.92 Å². The predicted molar refractivity (Wildman–Crippen MR) is 70.0 cm³/mol. The van der Waals surface area contributed by atoms with Crippen LogP contribution in [0.5, 0.6) is 0 Å². The Bertz CT molecular complexity index is 385. The van der Waals surface area contributed by atoms with Gasteiger partial charge in [-0.3, -0.25) is 14.4 Å². The van der Waals surface area contributed by atoms with Gasteiger partial charge in [0, 0.05) is 13.3 Å². The van der Waals surface area contributed by atoms with Gasteiger partial charge in [-0.05, 0) is 18.7 Å². The van der Waals surface area contributed by atoms with Crippen molar-refractivity contribution >= 4 is 34.9 Å². The number of carboxylic acids is 1. The largest absolute Gasteiger partial charge is 0.480 e. The molecule has 0 saturated heterocycles. The van der Waals surface area contributed by atoms with Gasteiger partial charge in [-0.2, -0.15) is 0 Å². The number of nitrogens with one attached hydrogen (secondary N) is 1. The highest BCUT2D eigenvalue weighted by Gasteiger charge is 2.21. The van der Waals surface area contributed by atoms with Crippen LogP contribution in [0.3, 0.4) is 0 Å². The number of aliphatic carboxylic acids is 1. The van der Waals surface area contributed by atoms with Gasteiger partial charge >= 0.3 is 17.2 Å². The smallest absolute Gasteiger partial charge is 0.371 e. The number of ether oxygens (including phenoxy) is 2. The van der Waals surface area contributed by atoms with Crippen molar-refractivity contribution < 1.29 is 33.8 Å². The van der Waals surface area contributed by atoms with Gasteiger partial charge < -0.3 is 19.9 Å². The monoisotopic (exact) mass is 307 g/mol. The summed E-state index contributed by atoms with van der Waals surface area (Å²) in [5.74, 6) is -2.30. The average molecular weight is 307 g/mol. The molecular formula is C11H17NO7S. The average Bonchev–Trinajstić information content (AvgIpc) is 2.34. The van der Waals surface area contributed by atoms with E-state index in [9.17, 15) is 19.2 Å². The van der Waals surface area contributed by atoms with Gasteiger partial charge in [0.15, 0.2) is 0 Å². The zero-order valence-corrected chi connectivity index (χ0v) is 12.2. The third kappa shape index (κ3) is 8.35. The predicted octanol–water partition coefficient (Wildman–Crippen LogP) is 0.745. The standard InChI is InChI=1S/C11H17NO7S/c1-4-9(15)18-7(3)19-11(17)20-6(2)10(16)12-5-8(13)14/h6-7H,4-5H2,1-3H3,(H,12,16)(H,13,14)/t6?,7-/m0/s1. The zero-order chi connectivity index (χ0) is 15.7. The van der Waals surface area contributed by atoms with Crippen LogP contribution in [0, 0.1) is 0 Å². The van der Waals surface area contributed by atoms with E-state index >= 15 is 0 Å². The fourth-order valence-electron chi connectivity index (χ4n) is 0.960. The molecule has 0 aliphatic rings. The molecule has 0 bridgehead atoms. The zero-order valence-electron chi connectivity index (χ0n) is 11.4.